The molecule has 0 radical (unpaired) electrons. The molecule has 12 heteroatoms. The zero-order valence-corrected chi connectivity index (χ0v) is 23.2. The molecule has 2 aromatic carbocycles. The first-order valence-corrected chi connectivity index (χ1v) is 12.5. The van der Waals surface area contributed by atoms with Crippen molar-refractivity contribution in [2.45, 2.75) is 20.5 Å². The lowest BCUT2D eigenvalue weighted by molar-refractivity contribution is -0.123. The number of nitriles is 1. The van der Waals surface area contributed by atoms with Gasteiger partial charge in [-0.1, -0.05) is 12.1 Å². The lowest BCUT2D eigenvalue weighted by atomic mass is 10.1. The maximum absolute atomic E-state index is 12.4. The summed E-state index contributed by atoms with van der Waals surface area (Å²) in [5.41, 5.74) is 4.95. The maximum atomic E-state index is 12.4. The standard InChI is InChI=1S/C29H31N5O7/c1-5-39-26-13-20(10-11-25(26)40-17-27(35)33-23-8-6-7-9-24(23)38-4)15-31-34-28(36)18-41-29-22(14-30)21(16-37-3)12-19(2)32-29/h6-13,15H,5,16-18H2,1-4H3,(H,33,35)(H,34,36)/b31-15+. The van der Waals surface area contributed by atoms with Crippen molar-refractivity contribution in [1.82, 2.24) is 10.4 Å². The largest absolute Gasteiger partial charge is 0.495 e. The molecular weight excluding hydrogens is 530 g/mol. The maximum Gasteiger partial charge on any atom is 0.278 e. The minimum Gasteiger partial charge on any atom is -0.495 e. The van der Waals surface area contributed by atoms with Gasteiger partial charge in [-0.15, -0.1) is 0 Å². The highest BCUT2D eigenvalue weighted by Gasteiger charge is 2.15. The molecule has 0 atom stereocenters. The van der Waals surface area contributed by atoms with E-state index in [9.17, 15) is 14.9 Å². The number of benzene rings is 2. The van der Waals surface area contributed by atoms with Crippen LogP contribution in [0, 0.1) is 18.3 Å². The van der Waals surface area contributed by atoms with E-state index >= 15 is 0 Å². The van der Waals surface area contributed by atoms with Crippen LogP contribution in [0.4, 0.5) is 5.69 Å². The molecule has 41 heavy (non-hydrogen) atoms. The van der Waals surface area contributed by atoms with Gasteiger partial charge in [0, 0.05) is 18.4 Å². The first-order valence-electron chi connectivity index (χ1n) is 12.5. The fourth-order valence-corrected chi connectivity index (χ4v) is 3.62. The van der Waals surface area contributed by atoms with E-state index < -0.39 is 12.5 Å². The van der Waals surface area contributed by atoms with Crippen molar-refractivity contribution in [3.63, 3.8) is 0 Å². The quantitative estimate of drug-likeness (QED) is 0.223. The fraction of sp³-hybridized carbons (Fsp3) is 0.276. The average Bonchev–Trinajstić information content (AvgIpc) is 2.96. The minimum absolute atomic E-state index is 0.0483. The Morgan fingerprint density at radius 2 is 1.78 bits per heavy atom. The van der Waals surface area contributed by atoms with Crippen LogP contribution in [0.15, 0.2) is 53.6 Å². The van der Waals surface area contributed by atoms with Gasteiger partial charge in [0.2, 0.25) is 5.88 Å². The number of carbonyl (C=O) groups excluding carboxylic acids is 2. The fourth-order valence-electron chi connectivity index (χ4n) is 3.62. The van der Waals surface area contributed by atoms with Gasteiger partial charge in [-0.05, 0) is 55.8 Å². The number of nitrogens with one attached hydrogen (secondary N) is 2. The van der Waals surface area contributed by atoms with Gasteiger partial charge in [0.1, 0.15) is 17.4 Å². The van der Waals surface area contributed by atoms with Gasteiger partial charge in [0.15, 0.2) is 24.7 Å². The highest BCUT2D eigenvalue weighted by atomic mass is 16.5. The molecule has 0 bridgehead atoms. The summed E-state index contributed by atoms with van der Waals surface area (Å²) in [6.07, 6.45) is 1.42. The smallest absolute Gasteiger partial charge is 0.278 e. The summed E-state index contributed by atoms with van der Waals surface area (Å²) in [5.74, 6) is 0.430. The van der Waals surface area contributed by atoms with E-state index in [4.69, 9.17) is 23.7 Å². The number of anilines is 1. The van der Waals surface area contributed by atoms with Gasteiger partial charge in [-0.2, -0.15) is 10.4 Å². The number of ether oxygens (including phenoxy) is 5. The second-order valence-corrected chi connectivity index (χ2v) is 8.41. The number of nitrogens with zero attached hydrogens (tertiary/aromatic N) is 3. The number of carbonyl (C=O) groups is 2. The van der Waals surface area contributed by atoms with Crippen LogP contribution in [0.1, 0.15) is 29.3 Å². The molecule has 1 heterocycles. The van der Waals surface area contributed by atoms with Gasteiger partial charge < -0.3 is 29.0 Å². The molecule has 0 unspecified atom stereocenters. The highest BCUT2D eigenvalue weighted by Crippen LogP contribution is 2.28. The molecule has 0 saturated heterocycles. The van der Waals surface area contributed by atoms with Crippen LogP contribution in [0.5, 0.6) is 23.1 Å². The first-order chi connectivity index (χ1) is 19.9. The number of para-hydroxylation sites is 2. The topological polar surface area (TPSA) is 153 Å². The second kappa shape index (κ2) is 15.4. The molecule has 214 valence electrons. The number of methoxy groups -OCH3 is 2. The van der Waals surface area contributed by atoms with Crippen LogP contribution < -0.4 is 29.7 Å². The third-order valence-corrected chi connectivity index (χ3v) is 5.36. The van der Waals surface area contributed by atoms with Crippen molar-refractivity contribution in [3.8, 4) is 29.2 Å². The van der Waals surface area contributed by atoms with Crippen molar-refractivity contribution in [2.24, 2.45) is 5.10 Å². The third-order valence-electron chi connectivity index (χ3n) is 5.36. The molecular formula is C29H31N5O7. The van der Waals surface area contributed by atoms with E-state index in [1.165, 1.54) is 20.4 Å². The van der Waals surface area contributed by atoms with Crippen molar-refractivity contribution in [3.05, 3.63) is 70.9 Å². The summed E-state index contributed by atoms with van der Waals surface area (Å²) in [6, 6.07) is 15.8. The van der Waals surface area contributed by atoms with Crippen LogP contribution in [0.3, 0.4) is 0 Å². The van der Waals surface area contributed by atoms with Gasteiger partial charge in [-0.25, -0.2) is 10.4 Å². The lowest BCUT2D eigenvalue weighted by Gasteiger charge is -2.13. The predicted molar refractivity (Wildman–Crippen MR) is 150 cm³/mol. The van der Waals surface area contributed by atoms with E-state index in [1.54, 1.807) is 55.5 Å². The van der Waals surface area contributed by atoms with Gasteiger partial charge in [0.25, 0.3) is 11.8 Å². The zero-order valence-electron chi connectivity index (χ0n) is 23.2. The predicted octanol–water partition coefficient (Wildman–Crippen LogP) is 3.36. The summed E-state index contributed by atoms with van der Waals surface area (Å²) < 4.78 is 27.2. The Kier molecular flexibility index (Phi) is 11.4. The first kappa shape index (κ1) is 30.4. The highest BCUT2D eigenvalue weighted by molar-refractivity contribution is 5.93. The summed E-state index contributed by atoms with van der Waals surface area (Å²) in [6.45, 7) is 3.49. The van der Waals surface area contributed by atoms with Crippen LogP contribution >= 0.6 is 0 Å². The van der Waals surface area contributed by atoms with Crippen LogP contribution in [0.25, 0.3) is 0 Å². The van der Waals surface area contributed by atoms with E-state index in [0.29, 0.717) is 46.4 Å². The molecule has 0 aliphatic rings. The number of hydrogen-bond donors (Lipinski definition) is 2. The molecule has 2 N–H and O–H groups in total. The Morgan fingerprint density at radius 1 is 1.00 bits per heavy atom. The van der Waals surface area contributed by atoms with Crippen LogP contribution in [-0.2, 0) is 20.9 Å². The minimum atomic E-state index is -0.548. The van der Waals surface area contributed by atoms with E-state index in [0.717, 1.165) is 0 Å². The average molecular weight is 562 g/mol. The normalized spacial score (nSPS) is 10.5. The van der Waals surface area contributed by atoms with E-state index in [2.05, 4.69) is 20.8 Å². The SMILES string of the molecule is CCOc1cc(/C=N/NC(=O)COc2nc(C)cc(COC)c2C#N)ccc1OCC(=O)Nc1ccccc1OC. The van der Waals surface area contributed by atoms with E-state index in [-0.39, 0.29) is 30.6 Å². The van der Waals surface area contributed by atoms with Gasteiger partial charge in [0.05, 0.1) is 32.2 Å². The zero-order chi connectivity index (χ0) is 29.6. The molecule has 0 saturated carbocycles. The number of rotatable bonds is 14. The number of pyridine rings is 1. The molecule has 0 spiro atoms. The Bertz CT molecular complexity index is 1440. The molecule has 1 aromatic heterocycles. The number of aromatic nitrogens is 1. The van der Waals surface area contributed by atoms with Crippen LogP contribution in [-0.4, -0.2) is 57.1 Å². The van der Waals surface area contributed by atoms with Gasteiger partial charge >= 0.3 is 0 Å². The Morgan fingerprint density at radius 3 is 2.51 bits per heavy atom. The number of hydrazone groups is 1. The molecule has 12 nitrogen and oxygen atoms in total. The van der Waals surface area contributed by atoms with Crippen LogP contribution in [0.2, 0.25) is 0 Å². The van der Waals surface area contributed by atoms with E-state index in [1.807, 2.05) is 13.0 Å². The Hall–Kier alpha value is -5.15. The molecule has 0 aliphatic heterocycles. The number of aryl methyl sites for hydroxylation is 1. The number of hydrogen-bond acceptors (Lipinski definition) is 10. The third kappa shape index (κ3) is 8.94. The molecule has 3 aromatic rings. The summed E-state index contributed by atoms with van der Waals surface area (Å²) in [7, 11) is 3.04. The summed E-state index contributed by atoms with van der Waals surface area (Å²) in [5, 5.41) is 16.2. The van der Waals surface area contributed by atoms with Gasteiger partial charge in [-0.3, -0.25) is 9.59 Å². The second-order valence-electron chi connectivity index (χ2n) is 8.41. The lowest BCUT2D eigenvalue weighted by Crippen LogP contribution is -2.25. The van der Waals surface area contributed by atoms with Crippen molar-refractivity contribution >= 4 is 23.7 Å². The summed E-state index contributed by atoms with van der Waals surface area (Å²) in [4.78, 5) is 28.9. The van der Waals surface area contributed by atoms with Crippen molar-refractivity contribution in [2.75, 3.05) is 39.4 Å². The molecule has 0 aliphatic carbocycles. The monoisotopic (exact) mass is 561 g/mol. The Labute approximate surface area is 237 Å². The number of amides is 2. The van der Waals surface area contributed by atoms with Crippen molar-refractivity contribution < 1.29 is 33.3 Å². The Balaban J connectivity index is 1.57. The summed E-state index contributed by atoms with van der Waals surface area (Å²) >= 11 is 0. The molecule has 3 rings (SSSR count). The van der Waals surface area contributed by atoms with Crippen molar-refractivity contribution in [1.29, 1.82) is 5.26 Å². The molecule has 2 amide bonds. The molecule has 0 fully saturated rings.